The monoisotopic (exact) mass is 288 g/mol. The van der Waals surface area contributed by atoms with Crippen LogP contribution in [0.4, 0.5) is 10.1 Å². The third-order valence-corrected chi connectivity index (χ3v) is 3.61. The minimum atomic E-state index is -0.333. The number of nitrogens with zero attached hydrogens (tertiary/aromatic N) is 1. The van der Waals surface area contributed by atoms with Gasteiger partial charge in [0.05, 0.1) is 6.54 Å². The van der Waals surface area contributed by atoms with Crippen molar-refractivity contribution in [3.63, 3.8) is 0 Å². The van der Waals surface area contributed by atoms with Crippen LogP contribution in [0.3, 0.4) is 0 Å². The first-order valence-corrected chi connectivity index (χ1v) is 6.81. The third-order valence-electron chi connectivity index (χ3n) is 2.70. The standard InChI is InChI=1S/C15H13FN2OS/c1-18(13-6-4-12(16)5-7-13)15(19)14-11(3-2-9-17)8-10-20-14/h4-8,10H,9,17H2,1H3. The maximum absolute atomic E-state index is 12.9. The lowest BCUT2D eigenvalue weighted by atomic mass is 10.2. The number of thiophene rings is 1. The summed E-state index contributed by atoms with van der Waals surface area (Å²) in [5.41, 5.74) is 6.63. The summed E-state index contributed by atoms with van der Waals surface area (Å²) in [6.45, 7) is 0.247. The molecule has 1 aromatic carbocycles. The van der Waals surface area contributed by atoms with Gasteiger partial charge in [0.25, 0.3) is 5.91 Å². The fourth-order valence-corrected chi connectivity index (χ4v) is 2.48. The number of carbonyl (C=O) groups excluding carboxylic acids is 1. The molecule has 102 valence electrons. The zero-order valence-corrected chi connectivity index (χ0v) is 11.7. The number of halogens is 1. The van der Waals surface area contributed by atoms with E-state index in [1.165, 1.54) is 28.4 Å². The van der Waals surface area contributed by atoms with Crippen LogP contribution in [0.1, 0.15) is 15.2 Å². The maximum atomic E-state index is 12.9. The molecular weight excluding hydrogens is 275 g/mol. The molecule has 1 heterocycles. The van der Waals surface area contributed by atoms with Crippen LogP contribution >= 0.6 is 11.3 Å². The van der Waals surface area contributed by atoms with Crippen molar-refractivity contribution < 1.29 is 9.18 Å². The molecule has 1 aromatic heterocycles. The van der Waals surface area contributed by atoms with Crippen molar-refractivity contribution in [2.45, 2.75) is 0 Å². The van der Waals surface area contributed by atoms with E-state index in [4.69, 9.17) is 5.73 Å². The number of hydrogen-bond donors (Lipinski definition) is 1. The molecule has 0 atom stereocenters. The van der Waals surface area contributed by atoms with Gasteiger partial charge in [-0.25, -0.2) is 4.39 Å². The van der Waals surface area contributed by atoms with E-state index in [1.807, 2.05) is 5.38 Å². The molecule has 0 aliphatic rings. The van der Waals surface area contributed by atoms with E-state index < -0.39 is 0 Å². The number of benzene rings is 1. The zero-order chi connectivity index (χ0) is 14.5. The number of amides is 1. The van der Waals surface area contributed by atoms with Crippen LogP contribution < -0.4 is 10.6 Å². The Kier molecular flexibility index (Phi) is 4.51. The smallest absolute Gasteiger partial charge is 0.269 e. The van der Waals surface area contributed by atoms with E-state index in [-0.39, 0.29) is 18.3 Å². The normalized spacial score (nSPS) is 9.75. The third kappa shape index (κ3) is 3.05. The van der Waals surface area contributed by atoms with Crippen molar-refractivity contribution in [2.24, 2.45) is 5.73 Å². The predicted molar refractivity (Wildman–Crippen MR) is 79.4 cm³/mol. The highest BCUT2D eigenvalue weighted by Gasteiger charge is 2.17. The van der Waals surface area contributed by atoms with Crippen molar-refractivity contribution in [3.05, 3.63) is 52.0 Å². The van der Waals surface area contributed by atoms with Gasteiger partial charge in [-0.15, -0.1) is 11.3 Å². The summed E-state index contributed by atoms with van der Waals surface area (Å²) in [5.74, 6) is 5.11. The Morgan fingerprint density at radius 3 is 2.70 bits per heavy atom. The molecule has 5 heteroatoms. The summed E-state index contributed by atoms with van der Waals surface area (Å²) < 4.78 is 12.9. The molecule has 2 N–H and O–H groups in total. The molecule has 1 amide bonds. The van der Waals surface area contributed by atoms with Gasteiger partial charge in [-0.1, -0.05) is 11.8 Å². The molecule has 0 aliphatic heterocycles. The lowest BCUT2D eigenvalue weighted by Crippen LogP contribution is -2.26. The van der Waals surface area contributed by atoms with Crippen LogP contribution in [0.15, 0.2) is 35.7 Å². The largest absolute Gasteiger partial charge is 0.320 e. The van der Waals surface area contributed by atoms with E-state index in [1.54, 1.807) is 25.2 Å². The van der Waals surface area contributed by atoms with Gasteiger partial charge in [0, 0.05) is 18.3 Å². The average Bonchev–Trinajstić information content (AvgIpc) is 2.92. The predicted octanol–water partition coefficient (Wildman–Crippen LogP) is 2.47. The number of rotatable bonds is 2. The van der Waals surface area contributed by atoms with Gasteiger partial charge in [-0.3, -0.25) is 4.79 Å². The van der Waals surface area contributed by atoms with E-state index >= 15 is 0 Å². The van der Waals surface area contributed by atoms with E-state index in [0.29, 0.717) is 16.1 Å². The molecule has 0 saturated carbocycles. The molecule has 0 spiro atoms. The molecule has 2 aromatic rings. The van der Waals surface area contributed by atoms with Gasteiger partial charge in [0.2, 0.25) is 0 Å². The molecule has 0 saturated heterocycles. The molecule has 20 heavy (non-hydrogen) atoms. The second-order valence-electron chi connectivity index (χ2n) is 4.01. The maximum Gasteiger partial charge on any atom is 0.269 e. The Bertz CT molecular complexity index is 667. The van der Waals surface area contributed by atoms with Crippen LogP contribution in [0.5, 0.6) is 0 Å². The molecule has 2 rings (SSSR count). The first kappa shape index (κ1) is 14.3. The second kappa shape index (κ2) is 6.33. The fraction of sp³-hybridized carbons (Fsp3) is 0.133. The molecule has 0 fully saturated rings. The highest BCUT2D eigenvalue weighted by atomic mass is 32.1. The van der Waals surface area contributed by atoms with Crippen molar-refractivity contribution in [1.29, 1.82) is 0 Å². The fourth-order valence-electron chi connectivity index (χ4n) is 1.65. The van der Waals surface area contributed by atoms with Crippen LogP contribution in [0.2, 0.25) is 0 Å². The summed E-state index contributed by atoms with van der Waals surface area (Å²) in [7, 11) is 1.65. The van der Waals surface area contributed by atoms with Gasteiger partial charge in [-0.05, 0) is 35.7 Å². The Morgan fingerprint density at radius 1 is 1.35 bits per heavy atom. The molecule has 0 aliphatic carbocycles. The Morgan fingerprint density at radius 2 is 2.05 bits per heavy atom. The second-order valence-corrected chi connectivity index (χ2v) is 4.93. The summed E-state index contributed by atoms with van der Waals surface area (Å²) >= 11 is 1.33. The Hall–Kier alpha value is -2.16. The first-order valence-electron chi connectivity index (χ1n) is 5.93. The van der Waals surface area contributed by atoms with E-state index in [0.717, 1.165) is 0 Å². The van der Waals surface area contributed by atoms with Crippen LogP contribution in [-0.4, -0.2) is 19.5 Å². The Labute approximate surface area is 120 Å². The molecule has 0 radical (unpaired) electrons. The van der Waals surface area contributed by atoms with E-state index in [9.17, 15) is 9.18 Å². The van der Waals surface area contributed by atoms with Gasteiger partial charge in [0.15, 0.2) is 0 Å². The van der Waals surface area contributed by atoms with E-state index in [2.05, 4.69) is 11.8 Å². The van der Waals surface area contributed by atoms with Crippen molar-refractivity contribution >= 4 is 22.9 Å². The van der Waals surface area contributed by atoms with Crippen LogP contribution in [0, 0.1) is 17.7 Å². The van der Waals surface area contributed by atoms with Crippen molar-refractivity contribution in [1.82, 2.24) is 0 Å². The molecule has 0 unspecified atom stereocenters. The zero-order valence-electron chi connectivity index (χ0n) is 10.9. The van der Waals surface area contributed by atoms with Gasteiger partial charge in [0.1, 0.15) is 10.7 Å². The number of nitrogens with two attached hydrogens (primary N) is 1. The summed E-state index contributed by atoms with van der Waals surface area (Å²) in [6.07, 6.45) is 0. The number of carbonyl (C=O) groups is 1. The quantitative estimate of drug-likeness (QED) is 0.863. The van der Waals surface area contributed by atoms with Gasteiger partial charge >= 0.3 is 0 Å². The van der Waals surface area contributed by atoms with Gasteiger partial charge in [-0.2, -0.15) is 0 Å². The Balaban J connectivity index is 2.27. The highest BCUT2D eigenvalue weighted by Crippen LogP contribution is 2.21. The van der Waals surface area contributed by atoms with Gasteiger partial charge < -0.3 is 10.6 Å². The van der Waals surface area contributed by atoms with Crippen molar-refractivity contribution in [3.8, 4) is 11.8 Å². The summed E-state index contributed by atoms with van der Waals surface area (Å²) in [6, 6.07) is 7.56. The SMILES string of the molecule is CN(C(=O)c1sccc1C#CCN)c1ccc(F)cc1. The average molecular weight is 288 g/mol. The van der Waals surface area contributed by atoms with Crippen molar-refractivity contribution in [2.75, 3.05) is 18.5 Å². The minimum absolute atomic E-state index is 0.173. The van der Waals surface area contributed by atoms with Crippen LogP contribution in [-0.2, 0) is 0 Å². The summed E-state index contributed by atoms with van der Waals surface area (Å²) in [4.78, 5) is 14.4. The first-order chi connectivity index (χ1) is 9.63. The number of anilines is 1. The number of hydrogen-bond acceptors (Lipinski definition) is 3. The lowest BCUT2D eigenvalue weighted by Gasteiger charge is -2.16. The molecule has 0 bridgehead atoms. The topological polar surface area (TPSA) is 46.3 Å². The minimum Gasteiger partial charge on any atom is -0.320 e. The highest BCUT2D eigenvalue weighted by molar-refractivity contribution is 7.12. The van der Waals surface area contributed by atoms with Crippen LogP contribution in [0.25, 0.3) is 0 Å². The molecule has 3 nitrogen and oxygen atoms in total. The lowest BCUT2D eigenvalue weighted by molar-refractivity contribution is 0.0996. The summed E-state index contributed by atoms with van der Waals surface area (Å²) in [5, 5.41) is 1.81. The molecular formula is C15H13FN2OS.